The monoisotopic (exact) mass is 289 g/mol. The van der Waals surface area contributed by atoms with Crippen molar-refractivity contribution in [2.45, 2.75) is 26.3 Å². The van der Waals surface area contributed by atoms with Crippen LogP contribution >= 0.6 is 0 Å². The topological polar surface area (TPSA) is 43.4 Å². The zero-order chi connectivity index (χ0) is 13.2. The Morgan fingerprint density at radius 2 is 2.16 bits per heavy atom. The van der Waals surface area contributed by atoms with Gasteiger partial charge >= 0.3 is 51.4 Å². The van der Waals surface area contributed by atoms with Crippen LogP contribution in [0.15, 0.2) is 24.3 Å². The van der Waals surface area contributed by atoms with Crippen molar-refractivity contribution in [2.75, 3.05) is 13.1 Å². The summed E-state index contributed by atoms with van der Waals surface area (Å²) in [5.74, 6) is -1.25. The molecule has 0 saturated carbocycles. The molecule has 1 atom stereocenters. The van der Waals surface area contributed by atoms with Crippen LogP contribution in [-0.2, 0) is 11.3 Å². The molecule has 0 radical (unpaired) electrons. The van der Waals surface area contributed by atoms with Crippen molar-refractivity contribution in [1.29, 1.82) is 0 Å². The fourth-order valence-electron chi connectivity index (χ4n) is 2.51. The Bertz CT molecular complexity index is 455. The van der Waals surface area contributed by atoms with Crippen LogP contribution in [0.4, 0.5) is 4.39 Å². The van der Waals surface area contributed by atoms with Crippen molar-refractivity contribution in [3.63, 3.8) is 0 Å². The summed E-state index contributed by atoms with van der Waals surface area (Å²) in [6.45, 7) is 3.38. The van der Waals surface area contributed by atoms with E-state index in [-0.39, 0.29) is 57.2 Å². The van der Waals surface area contributed by atoms with E-state index in [2.05, 4.69) is 0 Å². The van der Waals surface area contributed by atoms with Crippen molar-refractivity contribution in [3.05, 3.63) is 35.6 Å². The smallest absolute Gasteiger partial charge is 0.550 e. The second kappa shape index (κ2) is 7.29. The van der Waals surface area contributed by atoms with Gasteiger partial charge in [0.2, 0.25) is 0 Å². The van der Waals surface area contributed by atoms with E-state index < -0.39 is 11.4 Å². The first-order chi connectivity index (χ1) is 8.51. The Kier molecular flexibility index (Phi) is 6.62. The molecule has 3 nitrogen and oxygen atoms in total. The van der Waals surface area contributed by atoms with E-state index in [0.717, 1.165) is 13.0 Å². The molecule has 1 aromatic rings. The molecule has 0 aromatic heterocycles. The number of hydrogen-bond donors (Lipinski definition) is 0. The number of hydrogen-bond acceptors (Lipinski definition) is 3. The molecule has 5 heteroatoms. The molecule has 0 bridgehead atoms. The number of nitrogens with zero attached hydrogens (tertiary/aromatic N) is 1. The molecular weight excluding hydrogens is 272 g/mol. The number of carbonyl (C=O) groups excluding carboxylic acids is 1. The van der Waals surface area contributed by atoms with E-state index in [1.54, 1.807) is 25.1 Å². The molecule has 98 valence electrons. The van der Waals surface area contributed by atoms with Crippen molar-refractivity contribution >= 4 is 5.97 Å². The minimum absolute atomic E-state index is 0. The third-order valence-corrected chi connectivity index (χ3v) is 3.62. The van der Waals surface area contributed by atoms with E-state index >= 15 is 0 Å². The summed E-state index contributed by atoms with van der Waals surface area (Å²) in [6, 6.07) is 6.61. The number of carbonyl (C=O) groups is 1. The molecule has 0 N–H and O–H groups in total. The second-order valence-corrected chi connectivity index (χ2v) is 5.25. The van der Waals surface area contributed by atoms with Gasteiger partial charge in [-0.25, -0.2) is 4.39 Å². The Labute approximate surface area is 155 Å². The fourth-order valence-corrected chi connectivity index (χ4v) is 2.51. The molecule has 1 aliphatic heterocycles. The van der Waals surface area contributed by atoms with Crippen LogP contribution in [0.2, 0.25) is 0 Å². The summed E-state index contributed by atoms with van der Waals surface area (Å²) in [7, 11) is 0. The molecule has 1 heterocycles. The van der Waals surface area contributed by atoms with Gasteiger partial charge in [-0.3, -0.25) is 4.90 Å². The van der Waals surface area contributed by atoms with Crippen LogP contribution in [0.1, 0.15) is 25.3 Å². The third kappa shape index (κ3) is 4.34. The number of piperidine rings is 1. The molecule has 1 fully saturated rings. The first-order valence-corrected chi connectivity index (χ1v) is 6.18. The second-order valence-electron chi connectivity index (χ2n) is 5.25. The molecule has 19 heavy (non-hydrogen) atoms. The van der Waals surface area contributed by atoms with Crippen molar-refractivity contribution in [3.8, 4) is 0 Å². The van der Waals surface area contributed by atoms with Crippen LogP contribution in [0, 0.1) is 11.2 Å². The molecule has 1 unspecified atom stereocenters. The predicted molar refractivity (Wildman–Crippen MR) is 64.0 cm³/mol. The zero-order valence-corrected chi connectivity index (χ0v) is 14.6. The quantitative estimate of drug-likeness (QED) is 0.616. The normalized spacial score (nSPS) is 23.7. The SMILES string of the molecule is CC1(C(=O)[O-])CCCN(Cc2ccccc2F)C1.[K+]. The van der Waals surface area contributed by atoms with Gasteiger partial charge in [0.15, 0.2) is 0 Å². The molecule has 1 saturated heterocycles. The molecule has 1 aromatic carbocycles. The summed E-state index contributed by atoms with van der Waals surface area (Å²) >= 11 is 0. The van der Waals surface area contributed by atoms with Gasteiger partial charge in [-0.1, -0.05) is 25.1 Å². The number of halogens is 1. The van der Waals surface area contributed by atoms with Gasteiger partial charge in [-0.2, -0.15) is 0 Å². The summed E-state index contributed by atoms with van der Waals surface area (Å²) in [6.07, 6.45) is 1.43. The van der Waals surface area contributed by atoms with Crippen LogP contribution in [-0.4, -0.2) is 24.0 Å². The third-order valence-electron chi connectivity index (χ3n) is 3.62. The minimum atomic E-state index is -1.01. The largest absolute Gasteiger partial charge is 1.00 e. The van der Waals surface area contributed by atoms with Gasteiger partial charge < -0.3 is 9.90 Å². The summed E-state index contributed by atoms with van der Waals surface area (Å²) in [4.78, 5) is 13.1. The van der Waals surface area contributed by atoms with Crippen LogP contribution in [0.5, 0.6) is 0 Å². The molecular formula is C14H17FKNO2. The molecule has 0 aliphatic carbocycles. The number of rotatable bonds is 3. The van der Waals surface area contributed by atoms with Gasteiger partial charge in [0.1, 0.15) is 5.82 Å². The van der Waals surface area contributed by atoms with Crippen molar-refractivity contribution < 1.29 is 65.7 Å². The summed E-state index contributed by atoms with van der Waals surface area (Å²) < 4.78 is 13.5. The van der Waals surface area contributed by atoms with Gasteiger partial charge in [-0.05, 0) is 25.5 Å². The van der Waals surface area contributed by atoms with Gasteiger partial charge in [0, 0.05) is 30.0 Å². The average molecular weight is 289 g/mol. The maximum atomic E-state index is 13.5. The van der Waals surface area contributed by atoms with E-state index in [1.807, 2.05) is 4.90 Å². The van der Waals surface area contributed by atoms with Crippen LogP contribution < -0.4 is 56.5 Å². The molecule has 0 spiro atoms. The number of aliphatic carboxylic acids is 1. The Hall–Kier alpha value is 0.216. The Morgan fingerprint density at radius 1 is 1.47 bits per heavy atom. The Morgan fingerprint density at radius 3 is 2.79 bits per heavy atom. The first-order valence-electron chi connectivity index (χ1n) is 6.18. The molecule has 1 aliphatic rings. The van der Waals surface area contributed by atoms with Crippen molar-refractivity contribution in [2.24, 2.45) is 5.41 Å². The zero-order valence-electron chi connectivity index (χ0n) is 11.5. The number of carboxylic acids is 1. The maximum absolute atomic E-state index is 13.5. The van der Waals surface area contributed by atoms with Crippen LogP contribution in [0.25, 0.3) is 0 Å². The number of carboxylic acid groups (broad SMARTS) is 1. The standard InChI is InChI=1S/C14H18FNO2.K/c1-14(13(17)18)7-4-8-16(10-14)9-11-5-2-3-6-12(11)15;/h2-3,5-6H,4,7-10H2,1H3,(H,17,18);/q;+1/p-1. The number of likely N-dealkylation sites (tertiary alicyclic amines) is 1. The van der Waals surface area contributed by atoms with E-state index in [4.69, 9.17) is 0 Å². The maximum Gasteiger partial charge on any atom is 1.00 e. The van der Waals surface area contributed by atoms with E-state index in [0.29, 0.717) is 25.1 Å². The van der Waals surface area contributed by atoms with Crippen LogP contribution in [0.3, 0.4) is 0 Å². The van der Waals surface area contributed by atoms with Crippen molar-refractivity contribution in [1.82, 2.24) is 4.90 Å². The van der Waals surface area contributed by atoms with E-state index in [1.165, 1.54) is 6.07 Å². The van der Waals surface area contributed by atoms with Gasteiger partial charge in [0.25, 0.3) is 0 Å². The summed E-state index contributed by atoms with van der Waals surface area (Å²) in [5.41, 5.74) is -0.205. The average Bonchev–Trinajstić information content (AvgIpc) is 2.32. The van der Waals surface area contributed by atoms with E-state index in [9.17, 15) is 14.3 Å². The number of benzene rings is 1. The minimum Gasteiger partial charge on any atom is -0.550 e. The predicted octanol–water partition coefficient (Wildman–Crippen LogP) is -1.82. The summed E-state index contributed by atoms with van der Waals surface area (Å²) in [5, 5.41) is 11.1. The molecule has 0 amide bonds. The fraction of sp³-hybridized carbons (Fsp3) is 0.500. The molecule has 2 rings (SSSR count). The van der Waals surface area contributed by atoms with Gasteiger partial charge in [0.05, 0.1) is 0 Å². The Balaban J connectivity index is 0.00000180. The van der Waals surface area contributed by atoms with Gasteiger partial charge in [-0.15, -0.1) is 0 Å². The first kappa shape index (κ1) is 17.3.